The van der Waals surface area contributed by atoms with Crippen molar-refractivity contribution >= 4 is 34.9 Å². The molecule has 1 aromatic carbocycles. The fourth-order valence-electron chi connectivity index (χ4n) is 2.80. The number of carbonyl (C=O) groups excluding carboxylic acids is 1. The topological polar surface area (TPSA) is 88.4 Å². The van der Waals surface area contributed by atoms with Crippen LogP contribution in [0, 0.1) is 0 Å². The van der Waals surface area contributed by atoms with Gasteiger partial charge in [0.1, 0.15) is 0 Å². The first-order valence-electron chi connectivity index (χ1n) is 8.37. The molecule has 2 heterocycles. The van der Waals surface area contributed by atoms with Crippen LogP contribution in [-0.4, -0.2) is 53.9 Å². The first-order valence-corrected chi connectivity index (χ1v) is 9.18. The number of rotatable bonds is 5. The van der Waals surface area contributed by atoms with Crippen molar-refractivity contribution < 1.29 is 24.2 Å². The molecule has 26 heavy (non-hydrogen) atoms. The zero-order chi connectivity index (χ0) is 18.5. The summed E-state index contributed by atoms with van der Waals surface area (Å²) >= 11 is 1.39. The van der Waals surface area contributed by atoms with E-state index in [1.54, 1.807) is 24.3 Å². The fraction of sp³-hybridized carbons (Fsp3) is 0.389. The van der Waals surface area contributed by atoms with Crippen molar-refractivity contribution in [1.82, 2.24) is 4.90 Å². The van der Waals surface area contributed by atoms with Crippen molar-refractivity contribution in [1.29, 1.82) is 0 Å². The van der Waals surface area contributed by atoms with Crippen molar-refractivity contribution in [2.24, 2.45) is 4.99 Å². The van der Waals surface area contributed by atoms with E-state index in [-0.39, 0.29) is 5.91 Å². The summed E-state index contributed by atoms with van der Waals surface area (Å²) in [6.07, 6.45) is 5.24. The molecular formula is C18H20N2O5S. The van der Waals surface area contributed by atoms with Gasteiger partial charge in [-0.15, -0.1) is 0 Å². The first-order chi connectivity index (χ1) is 12.6. The molecule has 0 radical (unpaired) electrons. The molecule has 0 spiro atoms. The number of carboxylic acid groups (broad SMARTS) is 1. The van der Waals surface area contributed by atoms with Gasteiger partial charge in [0.05, 0.1) is 12.0 Å². The van der Waals surface area contributed by atoms with Gasteiger partial charge in [0, 0.05) is 13.1 Å². The summed E-state index contributed by atoms with van der Waals surface area (Å²) in [6.45, 7) is 1.43. The lowest BCUT2D eigenvalue weighted by Crippen LogP contribution is -2.33. The van der Waals surface area contributed by atoms with Crippen LogP contribution in [-0.2, 0) is 9.59 Å². The van der Waals surface area contributed by atoms with Crippen LogP contribution in [0.1, 0.15) is 24.8 Å². The Morgan fingerprint density at radius 1 is 1.31 bits per heavy atom. The SMILES string of the molecule is COc1cc(/C=C2/SC(N3CCCCC3)=NC2=O)ccc1OCC(=O)O. The highest BCUT2D eigenvalue weighted by Crippen LogP contribution is 2.34. The van der Waals surface area contributed by atoms with Crippen LogP contribution in [0.25, 0.3) is 6.08 Å². The second-order valence-corrected chi connectivity index (χ2v) is 6.96. The molecule has 0 atom stereocenters. The number of carbonyl (C=O) groups is 2. The molecule has 3 rings (SSSR count). The number of amides is 1. The minimum atomic E-state index is -1.06. The van der Waals surface area contributed by atoms with Gasteiger partial charge >= 0.3 is 5.97 Å². The number of aliphatic carboxylic acids is 1. The van der Waals surface area contributed by atoms with Crippen LogP contribution in [0.5, 0.6) is 11.5 Å². The largest absolute Gasteiger partial charge is 0.493 e. The zero-order valence-electron chi connectivity index (χ0n) is 14.4. The van der Waals surface area contributed by atoms with Gasteiger partial charge in [-0.05, 0) is 54.8 Å². The Bertz CT molecular complexity index is 769. The maximum absolute atomic E-state index is 12.2. The van der Waals surface area contributed by atoms with E-state index in [2.05, 4.69) is 9.89 Å². The molecule has 0 aromatic heterocycles. The van der Waals surface area contributed by atoms with Gasteiger partial charge in [0.25, 0.3) is 5.91 Å². The summed E-state index contributed by atoms with van der Waals surface area (Å²) in [5.41, 5.74) is 0.760. The van der Waals surface area contributed by atoms with Gasteiger partial charge in [-0.1, -0.05) is 6.07 Å². The third-order valence-electron chi connectivity index (χ3n) is 4.07. The molecule has 1 fully saturated rings. The number of thioether (sulfide) groups is 1. The molecule has 0 aliphatic carbocycles. The highest BCUT2D eigenvalue weighted by Gasteiger charge is 2.27. The van der Waals surface area contributed by atoms with E-state index in [0.717, 1.165) is 36.7 Å². The lowest BCUT2D eigenvalue weighted by molar-refractivity contribution is -0.139. The molecule has 2 aliphatic heterocycles. The minimum Gasteiger partial charge on any atom is -0.493 e. The van der Waals surface area contributed by atoms with E-state index in [9.17, 15) is 9.59 Å². The van der Waals surface area contributed by atoms with Crippen LogP contribution < -0.4 is 9.47 Å². The van der Waals surface area contributed by atoms with Crippen LogP contribution in [0.3, 0.4) is 0 Å². The Kier molecular flexibility index (Phi) is 5.82. The summed E-state index contributed by atoms with van der Waals surface area (Å²) in [7, 11) is 1.48. The molecule has 8 heteroatoms. The van der Waals surface area contributed by atoms with Crippen LogP contribution in [0.4, 0.5) is 0 Å². The van der Waals surface area contributed by atoms with E-state index in [1.807, 2.05) is 0 Å². The van der Waals surface area contributed by atoms with E-state index >= 15 is 0 Å². The van der Waals surface area contributed by atoms with E-state index < -0.39 is 12.6 Å². The van der Waals surface area contributed by atoms with Gasteiger partial charge < -0.3 is 19.5 Å². The Morgan fingerprint density at radius 3 is 2.77 bits per heavy atom. The zero-order valence-corrected chi connectivity index (χ0v) is 15.3. The number of piperidine rings is 1. The lowest BCUT2D eigenvalue weighted by Gasteiger charge is -2.27. The summed E-state index contributed by atoms with van der Waals surface area (Å²) in [4.78, 5) is 29.7. The number of carboxylic acids is 1. The van der Waals surface area contributed by atoms with Crippen LogP contribution in [0.15, 0.2) is 28.1 Å². The number of likely N-dealkylation sites (tertiary alicyclic amines) is 1. The Hall–Kier alpha value is -2.48. The summed E-state index contributed by atoms with van der Waals surface area (Å²) < 4.78 is 10.4. The summed E-state index contributed by atoms with van der Waals surface area (Å²) in [5.74, 6) is -0.546. The van der Waals surface area contributed by atoms with Crippen LogP contribution >= 0.6 is 11.8 Å². The van der Waals surface area contributed by atoms with Crippen molar-refractivity contribution in [3.05, 3.63) is 28.7 Å². The molecule has 2 aliphatic rings. The number of hydrogen-bond donors (Lipinski definition) is 1. The smallest absolute Gasteiger partial charge is 0.341 e. The van der Waals surface area contributed by atoms with Crippen molar-refractivity contribution in [2.45, 2.75) is 19.3 Å². The van der Waals surface area contributed by atoms with Gasteiger partial charge in [0.15, 0.2) is 23.3 Å². The molecule has 7 nitrogen and oxygen atoms in total. The van der Waals surface area contributed by atoms with Gasteiger partial charge in [0.2, 0.25) is 0 Å². The maximum Gasteiger partial charge on any atom is 0.341 e. The van der Waals surface area contributed by atoms with Gasteiger partial charge in [-0.2, -0.15) is 4.99 Å². The monoisotopic (exact) mass is 376 g/mol. The normalized spacial score (nSPS) is 18.8. The number of ether oxygens (including phenoxy) is 2. The van der Waals surface area contributed by atoms with E-state index in [1.165, 1.54) is 25.3 Å². The highest BCUT2D eigenvalue weighted by atomic mass is 32.2. The maximum atomic E-state index is 12.2. The quantitative estimate of drug-likeness (QED) is 0.790. The number of benzene rings is 1. The molecule has 1 N–H and O–H groups in total. The lowest BCUT2D eigenvalue weighted by atomic mass is 10.1. The third-order valence-corrected chi connectivity index (χ3v) is 5.12. The van der Waals surface area contributed by atoms with E-state index in [0.29, 0.717) is 16.4 Å². The second-order valence-electron chi connectivity index (χ2n) is 5.95. The van der Waals surface area contributed by atoms with Crippen LogP contribution in [0.2, 0.25) is 0 Å². The molecule has 1 amide bonds. The minimum absolute atomic E-state index is 0.235. The second kappa shape index (κ2) is 8.27. The van der Waals surface area contributed by atoms with Crippen molar-refractivity contribution in [3.63, 3.8) is 0 Å². The number of methoxy groups -OCH3 is 1. The average molecular weight is 376 g/mol. The molecular weight excluding hydrogens is 356 g/mol. The fourth-order valence-corrected chi connectivity index (χ4v) is 3.77. The van der Waals surface area contributed by atoms with Gasteiger partial charge in [-0.3, -0.25) is 4.79 Å². The van der Waals surface area contributed by atoms with Crippen molar-refractivity contribution in [2.75, 3.05) is 26.8 Å². The molecule has 0 saturated carbocycles. The molecule has 138 valence electrons. The molecule has 0 unspecified atom stereocenters. The molecule has 1 aromatic rings. The first kappa shape index (κ1) is 18.3. The van der Waals surface area contributed by atoms with Crippen molar-refractivity contribution in [3.8, 4) is 11.5 Å². The third kappa shape index (κ3) is 4.37. The number of amidine groups is 1. The Labute approximate surface area is 155 Å². The Morgan fingerprint density at radius 2 is 2.08 bits per heavy atom. The predicted molar refractivity (Wildman–Crippen MR) is 99.6 cm³/mol. The summed E-state index contributed by atoms with van der Waals surface area (Å²) in [6, 6.07) is 5.08. The molecule has 0 bridgehead atoms. The number of nitrogens with zero attached hydrogens (tertiary/aromatic N) is 2. The van der Waals surface area contributed by atoms with E-state index in [4.69, 9.17) is 14.6 Å². The van der Waals surface area contributed by atoms with Gasteiger partial charge in [-0.25, -0.2) is 4.79 Å². The highest BCUT2D eigenvalue weighted by molar-refractivity contribution is 8.18. The number of hydrogen-bond acceptors (Lipinski definition) is 6. The predicted octanol–water partition coefficient (Wildman–Crippen LogP) is 2.61. The molecule has 1 saturated heterocycles. The Balaban J connectivity index is 1.73. The number of aliphatic imine (C=N–C) groups is 1. The standard InChI is InChI=1S/C18H20N2O5S/c1-24-14-9-12(5-6-13(14)25-11-16(21)22)10-15-17(23)19-18(26-15)20-7-3-2-4-8-20/h5-6,9-10H,2-4,7-8,11H2,1H3,(H,21,22)/b15-10+. The average Bonchev–Trinajstić information content (AvgIpc) is 3.01. The summed E-state index contributed by atoms with van der Waals surface area (Å²) in [5, 5.41) is 9.48.